The Balaban J connectivity index is 1.87. The van der Waals surface area contributed by atoms with Gasteiger partial charge >= 0.3 is 0 Å². The predicted octanol–water partition coefficient (Wildman–Crippen LogP) is 2.88. The van der Waals surface area contributed by atoms with Crippen molar-refractivity contribution in [2.24, 2.45) is 7.05 Å². The second-order valence-electron chi connectivity index (χ2n) is 5.33. The van der Waals surface area contributed by atoms with Crippen molar-refractivity contribution in [3.05, 3.63) is 27.0 Å². The number of aromatic nitrogens is 4. The first-order valence-electron chi connectivity index (χ1n) is 6.78. The topological polar surface area (TPSA) is 46.8 Å². The number of aryl methyl sites for hydroxylation is 2. The van der Waals surface area contributed by atoms with E-state index >= 15 is 0 Å². The second-order valence-corrected chi connectivity index (χ2v) is 6.69. The molecule has 0 saturated carbocycles. The van der Waals surface area contributed by atoms with Gasteiger partial charge in [0.25, 0.3) is 0 Å². The van der Waals surface area contributed by atoms with Crippen molar-refractivity contribution in [2.45, 2.75) is 39.3 Å². The lowest BCUT2D eigenvalue weighted by molar-refractivity contribution is 0.244. The predicted molar refractivity (Wildman–Crippen MR) is 80.0 cm³/mol. The molecule has 3 heterocycles. The van der Waals surface area contributed by atoms with Crippen molar-refractivity contribution in [3.63, 3.8) is 0 Å². The van der Waals surface area contributed by atoms with Gasteiger partial charge in [0.15, 0.2) is 0 Å². The van der Waals surface area contributed by atoms with Crippen LogP contribution in [0.1, 0.15) is 41.5 Å². The van der Waals surface area contributed by atoms with E-state index in [9.17, 15) is 0 Å². The summed E-state index contributed by atoms with van der Waals surface area (Å²) < 4.78 is 6.59. The number of hydrogen-bond donors (Lipinski definition) is 0. The molecule has 2 aromatic rings. The number of rotatable bonds is 3. The van der Waals surface area contributed by atoms with Gasteiger partial charge in [0, 0.05) is 42.4 Å². The monoisotopic (exact) mass is 311 g/mol. The molecule has 1 aliphatic rings. The van der Waals surface area contributed by atoms with Gasteiger partial charge < -0.3 is 0 Å². The number of nitrogens with zero attached hydrogens (tertiary/aromatic N) is 5. The Kier molecular flexibility index (Phi) is 3.79. The molecule has 1 atom stereocenters. The summed E-state index contributed by atoms with van der Waals surface area (Å²) in [5.41, 5.74) is 4.64. The van der Waals surface area contributed by atoms with Crippen LogP contribution >= 0.6 is 23.1 Å². The van der Waals surface area contributed by atoms with Gasteiger partial charge in [-0.15, -0.1) is 5.10 Å². The summed E-state index contributed by atoms with van der Waals surface area (Å²) >= 11 is 7.39. The molecule has 108 valence electrons. The minimum atomic E-state index is 0.418. The van der Waals surface area contributed by atoms with Crippen LogP contribution < -0.4 is 0 Å². The van der Waals surface area contributed by atoms with E-state index in [2.05, 4.69) is 33.4 Å². The van der Waals surface area contributed by atoms with Crippen LogP contribution in [0.5, 0.6) is 0 Å². The summed E-state index contributed by atoms with van der Waals surface area (Å²) in [4.78, 5) is 2.44. The summed E-state index contributed by atoms with van der Waals surface area (Å²) in [5.74, 6) is 0. The molecule has 0 bridgehead atoms. The van der Waals surface area contributed by atoms with E-state index in [1.54, 1.807) is 0 Å². The Morgan fingerprint density at radius 1 is 1.40 bits per heavy atom. The largest absolute Gasteiger partial charge is 0.290 e. The maximum Gasteiger partial charge on any atom is 0.138 e. The first-order valence-corrected chi connectivity index (χ1v) is 7.94. The number of likely N-dealkylation sites (tertiary alicyclic amines) is 1. The molecule has 1 fully saturated rings. The molecule has 0 radical (unpaired) electrons. The van der Waals surface area contributed by atoms with Crippen LogP contribution in [0.15, 0.2) is 0 Å². The molecule has 2 aromatic heterocycles. The third-order valence-electron chi connectivity index (χ3n) is 4.12. The van der Waals surface area contributed by atoms with Gasteiger partial charge in [-0.2, -0.15) is 5.10 Å². The highest BCUT2D eigenvalue weighted by molar-refractivity contribution is 7.10. The fourth-order valence-corrected chi connectivity index (χ4v) is 3.71. The normalized spacial score (nSPS) is 19.9. The van der Waals surface area contributed by atoms with Gasteiger partial charge in [0.05, 0.1) is 5.69 Å². The Bertz CT molecular complexity index is 620. The minimum Gasteiger partial charge on any atom is -0.290 e. The zero-order valence-electron chi connectivity index (χ0n) is 11.9. The van der Waals surface area contributed by atoms with Crippen LogP contribution in [0, 0.1) is 13.8 Å². The number of halogens is 1. The van der Waals surface area contributed by atoms with E-state index < -0.39 is 0 Å². The van der Waals surface area contributed by atoms with E-state index in [-0.39, 0.29) is 0 Å². The van der Waals surface area contributed by atoms with E-state index in [0.29, 0.717) is 10.4 Å². The smallest absolute Gasteiger partial charge is 0.138 e. The Morgan fingerprint density at radius 3 is 2.80 bits per heavy atom. The minimum absolute atomic E-state index is 0.418. The summed E-state index contributed by atoms with van der Waals surface area (Å²) in [6.45, 7) is 6.08. The molecule has 7 heteroatoms. The molecule has 0 amide bonds. The van der Waals surface area contributed by atoms with Crippen LogP contribution in [-0.2, 0) is 13.6 Å². The molecule has 0 aliphatic carbocycles. The van der Waals surface area contributed by atoms with E-state index in [0.717, 1.165) is 24.5 Å². The summed E-state index contributed by atoms with van der Waals surface area (Å²) in [7, 11) is 2.01. The van der Waals surface area contributed by atoms with E-state index in [1.807, 2.05) is 11.7 Å². The molecule has 0 N–H and O–H groups in total. The molecule has 5 nitrogen and oxygen atoms in total. The number of hydrogen-bond acceptors (Lipinski definition) is 5. The summed E-state index contributed by atoms with van der Waals surface area (Å²) in [5, 5.41) is 8.67. The Hall–Kier alpha value is -0.980. The summed E-state index contributed by atoms with van der Waals surface area (Å²) in [6, 6.07) is 0.418. The standard InChI is InChI=1S/C13H18ClN5S/c1-8-12(9(2)18(3)16-8)11-5-4-6-19(11)7-10-13(14)20-17-15-10/h11H,4-7H2,1-3H3/t11-/m1/s1. The average molecular weight is 312 g/mol. The molecule has 0 unspecified atom stereocenters. The maximum atomic E-state index is 6.13. The quantitative estimate of drug-likeness (QED) is 0.874. The molecule has 1 aliphatic heterocycles. The first kappa shape index (κ1) is 14.0. The van der Waals surface area contributed by atoms with Crippen molar-refractivity contribution < 1.29 is 0 Å². The molecular weight excluding hydrogens is 294 g/mol. The van der Waals surface area contributed by atoms with Gasteiger partial charge in [-0.1, -0.05) is 16.1 Å². The van der Waals surface area contributed by atoms with E-state index in [4.69, 9.17) is 11.6 Å². The first-order chi connectivity index (χ1) is 9.58. The van der Waals surface area contributed by atoms with Gasteiger partial charge in [-0.3, -0.25) is 9.58 Å². The second kappa shape index (κ2) is 5.42. The SMILES string of the molecule is Cc1nn(C)c(C)c1[C@H]1CCCN1Cc1nnsc1Cl. The highest BCUT2D eigenvalue weighted by Gasteiger charge is 2.31. The van der Waals surface area contributed by atoms with Gasteiger partial charge in [-0.05, 0) is 33.2 Å². The van der Waals surface area contributed by atoms with Crippen LogP contribution in [0.25, 0.3) is 0 Å². The van der Waals surface area contributed by atoms with Gasteiger partial charge in [0.2, 0.25) is 0 Å². The van der Waals surface area contributed by atoms with Crippen molar-refractivity contribution in [1.82, 2.24) is 24.3 Å². The Labute approximate surface area is 127 Å². The lowest BCUT2D eigenvalue weighted by atomic mass is 10.0. The van der Waals surface area contributed by atoms with Crippen LogP contribution in [-0.4, -0.2) is 30.8 Å². The molecule has 3 rings (SSSR count). The molecular formula is C13H18ClN5S. The third kappa shape index (κ3) is 2.36. The van der Waals surface area contributed by atoms with Crippen molar-refractivity contribution in [3.8, 4) is 0 Å². The molecule has 1 saturated heterocycles. The van der Waals surface area contributed by atoms with Crippen LogP contribution in [0.4, 0.5) is 0 Å². The lowest BCUT2D eigenvalue weighted by Gasteiger charge is -2.24. The van der Waals surface area contributed by atoms with Crippen molar-refractivity contribution in [2.75, 3.05) is 6.54 Å². The fourth-order valence-electron chi connectivity index (χ4n) is 3.10. The summed E-state index contributed by atoms with van der Waals surface area (Å²) in [6.07, 6.45) is 2.37. The zero-order valence-corrected chi connectivity index (χ0v) is 13.5. The lowest BCUT2D eigenvalue weighted by Crippen LogP contribution is -2.24. The van der Waals surface area contributed by atoms with Crippen LogP contribution in [0.3, 0.4) is 0 Å². The average Bonchev–Trinajstić information content (AvgIpc) is 3.06. The van der Waals surface area contributed by atoms with E-state index in [1.165, 1.54) is 35.6 Å². The van der Waals surface area contributed by atoms with Gasteiger partial charge in [-0.25, -0.2) is 0 Å². The highest BCUT2D eigenvalue weighted by atomic mass is 35.5. The zero-order chi connectivity index (χ0) is 14.3. The Morgan fingerprint density at radius 2 is 2.20 bits per heavy atom. The molecule has 0 spiro atoms. The third-order valence-corrected chi connectivity index (χ3v) is 5.11. The van der Waals surface area contributed by atoms with Crippen molar-refractivity contribution in [1.29, 1.82) is 0 Å². The van der Waals surface area contributed by atoms with Crippen molar-refractivity contribution >= 4 is 23.1 Å². The maximum absolute atomic E-state index is 6.13. The highest BCUT2D eigenvalue weighted by Crippen LogP contribution is 2.36. The molecule has 20 heavy (non-hydrogen) atoms. The van der Waals surface area contributed by atoms with Gasteiger partial charge in [0.1, 0.15) is 10.0 Å². The fraction of sp³-hybridized carbons (Fsp3) is 0.615. The molecule has 0 aromatic carbocycles. The van der Waals surface area contributed by atoms with Crippen LogP contribution in [0.2, 0.25) is 4.34 Å².